The first-order valence-electron chi connectivity index (χ1n) is 9.69. The summed E-state index contributed by atoms with van der Waals surface area (Å²) in [7, 11) is 0. The van der Waals surface area contributed by atoms with Crippen molar-refractivity contribution in [2.75, 3.05) is 55.6 Å². The van der Waals surface area contributed by atoms with E-state index < -0.39 is 0 Å². The van der Waals surface area contributed by atoms with Gasteiger partial charge in [-0.2, -0.15) is 0 Å². The van der Waals surface area contributed by atoms with Crippen molar-refractivity contribution in [2.24, 2.45) is 0 Å². The summed E-state index contributed by atoms with van der Waals surface area (Å²) >= 11 is 0. The number of fused-ring (bicyclic) bond motifs is 1. The van der Waals surface area contributed by atoms with Crippen LogP contribution in [0.25, 0.3) is 0 Å². The van der Waals surface area contributed by atoms with Crippen LogP contribution in [0.1, 0.15) is 12.0 Å². The molecule has 0 unspecified atom stereocenters. The summed E-state index contributed by atoms with van der Waals surface area (Å²) in [5.41, 5.74) is 2.78. The minimum Gasteiger partial charge on any atom is -0.371 e. The monoisotopic (exact) mass is 366 g/mol. The van der Waals surface area contributed by atoms with Crippen LogP contribution in [-0.4, -0.2) is 66.7 Å². The van der Waals surface area contributed by atoms with Crippen LogP contribution in [0.3, 0.4) is 0 Å². The van der Waals surface area contributed by atoms with Gasteiger partial charge in [-0.15, -0.1) is 0 Å². The molecule has 0 atom stereocenters. The number of carbonyl (C=O) groups is 1. The average molecular weight is 366 g/mol. The van der Waals surface area contributed by atoms with Crippen LogP contribution in [0, 0.1) is 0 Å². The number of anilines is 2. The molecule has 0 spiro atoms. The van der Waals surface area contributed by atoms with Gasteiger partial charge in [-0.05, 0) is 30.5 Å². The van der Waals surface area contributed by atoms with Gasteiger partial charge in [-0.1, -0.05) is 18.2 Å². The molecule has 0 radical (unpaired) electrons. The fourth-order valence-electron chi connectivity index (χ4n) is 3.78. The molecular formula is C20H26N6O. The lowest BCUT2D eigenvalue weighted by Gasteiger charge is -2.34. The molecule has 7 heteroatoms. The zero-order chi connectivity index (χ0) is 18.5. The Hall–Kier alpha value is -2.83. The van der Waals surface area contributed by atoms with E-state index in [1.54, 1.807) is 12.4 Å². The van der Waals surface area contributed by atoms with E-state index in [4.69, 9.17) is 0 Å². The summed E-state index contributed by atoms with van der Waals surface area (Å²) in [5, 5.41) is 3.07. The molecule has 4 rings (SSSR count). The molecule has 1 aromatic heterocycles. The van der Waals surface area contributed by atoms with E-state index in [9.17, 15) is 4.79 Å². The highest BCUT2D eigenvalue weighted by molar-refractivity contribution is 5.74. The summed E-state index contributed by atoms with van der Waals surface area (Å²) in [6, 6.07) is 10.4. The maximum atomic E-state index is 12.4. The van der Waals surface area contributed by atoms with E-state index in [1.807, 2.05) is 11.0 Å². The van der Waals surface area contributed by atoms with Gasteiger partial charge in [-0.3, -0.25) is 0 Å². The van der Waals surface area contributed by atoms with Gasteiger partial charge in [-0.25, -0.2) is 14.8 Å². The van der Waals surface area contributed by atoms with Crippen LogP contribution < -0.4 is 15.1 Å². The minimum absolute atomic E-state index is 0.0328. The van der Waals surface area contributed by atoms with E-state index in [1.165, 1.54) is 11.3 Å². The van der Waals surface area contributed by atoms with Crippen LogP contribution in [0.5, 0.6) is 0 Å². The molecule has 7 nitrogen and oxygen atoms in total. The molecule has 2 amide bonds. The van der Waals surface area contributed by atoms with Crippen LogP contribution in [0.2, 0.25) is 0 Å². The third-order valence-electron chi connectivity index (χ3n) is 5.27. The summed E-state index contributed by atoms with van der Waals surface area (Å²) in [4.78, 5) is 27.4. The topological polar surface area (TPSA) is 64.6 Å². The highest BCUT2D eigenvalue weighted by atomic mass is 16.2. The Morgan fingerprint density at radius 3 is 2.59 bits per heavy atom. The SMILES string of the molecule is O=C(NCCCN1CCc2ccccc21)N1CCN(c2ncccn2)CC1. The number of amides is 2. The Balaban J connectivity index is 1.17. The first kappa shape index (κ1) is 17.6. The molecule has 27 heavy (non-hydrogen) atoms. The first-order chi connectivity index (χ1) is 13.3. The lowest BCUT2D eigenvalue weighted by Crippen LogP contribution is -2.52. The zero-order valence-electron chi connectivity index (χ0n) is 15.5. The number of nitrogens with one attached hydrogen (secondary N) is 1. The van der Waals surface area contributed by atoms with Gasteiger partial charge in [0.25, 0.3) is 0 Å². The standard InChI is InChI=1S/C20H26N6O/c27-20(26-15-13-25(14-16-26)19-21-8-3-9-22-19)23-10-4-11-24-12-7-17-5-1-2-6-18(17)24/h1-3,5-6,8-9H,4,7,10-16H2,(H,23,27). The minimum atomic E-state index is 0.0328. The predicted molar refractivity (Wildman–Crippen MR) is 106 cm³/mol. The molecule has 2 aliphatic rings. The lowest BCUT2D eigenvalue weighted by molar-refractivity contribution is 0.194. The van der Waals surface area contributed by atoms with Crippen molar-refractivity contribution >= 4 is 17.7 Å². The smallest absolute Gasteiger partial charge is 0.317 e. The molecule has 2 aromatic rings. The fourth-order valence-corrected chi connectivity index (χ4v) is 3.78. The number of nitrogens with zero attached hydrogens (tertiary/aromatic N) is 5. The molecule has 142 valence electrons. The van der Waals surface area contributed by atoms with Crippen molar-refractivity contribution in [2.45, 2.75) is 12.8 Å². The van der Waals surface area contributed by atoms with Crippen molar-refractivity contribution in [1.82, 2.24) is 20.2 Å². The molecule has 0 aliphatic carbocycles. The second-order valence-electron chi connectivity index (χ2n) is 6.97. The molecule has 2 aliphatic heterocycles. The lowest BCUT2D eigenvalue weighted by atomic mass is 10.2. The second kappa shape index (κ2) is 8.24. The van der Waals surface area contributed by atoms with Crippen LogP contribution in [0.4, 0.5) is 16.4 Å². The summed E-state index contributed by atoms with van der Waals surface area (Å²) in [5.74, 6) is 0.739. The van der Waals surface area contributed by atoms with E-state index in [0.29, 0.717) is 19.6 Å². The third kappa shape index (κ3) is 4.13. The molecule has 3 heterocycles. The van der Waals surface area contributed by atoms with Gasteiger partial charge in [0.05, 0.1) is 0 Å². The number of para-hydroxylation sites is 1. The van der Waals surface area contributed by atoms with Crippen molar-refractivity contribution in [3.05, 3.63) is 48.3 Å². The van der Waals surface area contributed by atoms with Gasteiger partial charge in [0, 0.05) is 63.9 Å². The molecule has 1 fully saturated rings. The maximum Gasteiger partial charge on any atom is 0.317 e. The van der Waals surface area contributed by atoms with Crippen molar-refractivity contribution in [1.29, 1.82) is 0 Å². The van der Waals surface area contributed by atoms with E-state index in [-0.39, 0.29) is 6.03 Å². The quantitative estimate of drug-likeness (QED) is 0.817. The second-order valence-corrected chi connectivity index (χ2v) is 6.97. The van der Waals surface area contributed by atoms with Gasteiger partial charge >= 0.3 is 6.03 Å². The number of aromatic nitrogens is 2. The number of urea groups is 1. The molecule has 1 N–H and O–H groups in total. The Kier molecular flexibility index (Phi) is 5.37. The summed E-state index contributed by atoms with van der Waals surface area (Å²) in [6.07, 6.45) is 5.58. The van der Waals surface area contributed by atoms with Gasteiger partial charge < -0.3 is 20.0 Å². The Morgan fingerprint density at radius 1 is 1.00 bits per heavy atom. The highest BCUT2D eigenvalue weighted by Crippen LogP contribution is 2.27. The van der Waals surface area contributed by atoms with Gasteiger partial charge in [0.2, 0.25) is 5.95 Å². The number of carbonyl (C=O) groups excluding carboxylic acids is 1. The number of hydrogen-bond donors (Lipinski definition) is 1. The van der Waals surface area contributed by atoms with E-state index in [0.717, 1.165) is 45.0 Å². The first-order valence-corrected chi connectivity index (χ1v) is 9.69. The number of piperazine rings is 1. The third-order valence-corrected chi connectivity index (χ3v) is 5.27. The zero-order valence-corrected chi connectivity index (χ0v) is 15.5. The summed E-state index contributed by atoms with van der Waals surface area (Å²) in [6.45, 7) is 5.70. The van der Waals surface area contributed by atoms with Gasteiger partial charge in [0.15, 0.2) is 0 Å². The van der Waals surface area contributed by atoms with Crippen molar-refractivity contribution in [3.63, 3.8) is 0 Å². The fraction of sp³-hybridized carbons (Fsp3) is 0.450. The van der Waals surface area contributed by atoms with Crippen LogP contribution in [-0.2, 0) is 6.42 Å². The Morgan fingerprint density at radius 2 is 1.78 bits per heavy atom. The highest BCUT2D eigenvalue weighted by Gasteiger charge is 2.22. The Bertz CT molecular complexity index is 760. The largest absolute Gasteiger partial charge is 0.371 e. The van der Waals surface area contributed by atoms with E-state index >= 15 is 0 Å². The predicted octanol–water partition coefficient (Wildman–Crippen LogP) is 1.76. The molecule has 0 bridgehead atoms. The number of benzene rings is 1. The van der Waals surface area contributed by atoms with Gasteiger partial charge in [0.1, 0.15) is 0 Å². The maximum absolute atomic E-state index is 12.4. The summed E-state index contributed by atoms with van der Waals surface area (Å²) < 4.78 is 0. The normalized spacial score (nSPS) is 16.4. The molecule has 1 saturated heterocycles. The van der Waals surface area contributed by atoms with Crippen molar-refractivity contribution in [3.8, 4) is 0 Å². The molecule has 1 aromatic carbocycles. The van der Waals surface area contributed by atoms with E-state index in [2.05, 4.69) is 49.4 Å². The molecule has 0 saturated carbocycles. The molecular weight excluding hydrogens is 340 g/mol. The number of rotatable bonds is 5. The average Bonchev–Trinajstić information content (AvgIpc) is 3.15. The van der Waals surface area contributed by atoms with Crippen molar-refractivity contribution < 1.29 is 4.79 Å². The van der Waals surface area contributed by atoms with Crippen LogP contribution in [0.15, 0.2) is 42.7 Å². The number of hydrogen-bond acceptors (Lipinski definition) is 5. The van der Waals surface area contributed by atoms with Crippen LogP contribution >= 0.6 is 0 Å². The Labute approximate surface area is 160 Å².